The zero-order valence-electron chi connectivity index (χ0n) is 14.3. The highest BCUT2D eigenvalue weighted by molar-refractivity contribution is 6.31. The Hall–Kier alpha value is -2.57. The van der Waals surface area contributed by atoms with E-state index in [2.05, 4.69) is 26.5 Å². The number of hydrogen-bond donors (Lipinski definition) is 2. The van der Waals surface area contributed by atoms with Crippen LogP contribution in [0, 0.1) is 0 Å². The maximum absolute atomic E-state index is 9.60. The molecule has 0 amide bonds. The number of rotatable bonds is 5. The highest BCUT2D eigenvalue weighted by Crippen LogP contribution is 2.35. The highest BCUT2D eigenvalue weighted by atomic mass is 35.5. The normalized spacial score (nSPS) is 17.2. The molecule has 3 aromatic rings. The molecule has 0 saturated heterocycles. The van der Waals surface area contributed by atoms with Crippen LogP contribution in [0.3, 0.4) is 0 Å². The van der Waals surface area contributed by atoms with Crippen LogP contribution in [-0.2, 0) is 19.5 Å². The molecule has 0 bridgehead atoms. The molecule has 6 nitrogen and oxygen atoms in total. The molecule has 1 aliphatic heterocycles. The number of nitrogens with one attached hydrogen (secondary N) is 1. The fourth-order valence-electron chi connectivity index (χ4n) is 3.50. The molecule has 0 radical (unpaired) electrons. The van der Waals surface area contributed by atoms with Gasteiger partial charge in [0.05, 0.1) is 30.8 Å². The lowest BCUT2D eigenvalue weighted by molar-refractivity contribution is 0.200. The van der Waals surface area contributed by atoms with Gasteiger partial charge in [0.15, 0.2) is 0 Å². The number of fused-ring (bicyclic) bond motifs is 1. The number of aromatic hydroxyl groups is 1. The summed E-state index contributed by atoms with van der Waals surface area (Å²) in [7, 11) is 0. The van der Waals surface area contributed by atoms with E-state index in [0.717, 1.165) is 29.8 Å². The van der Waals surface area contributed by atoms with Crippen LogP contribution in [0.4, 0.5) is 0 Å². The molecule has 0 unspecified atom stereocenters. The van der Waals surface area contributed by atoms with E-state index in [4.69, 9.17) is 11.6 Å². The number of allylic oxidation sites excluding steroid dienone is 1. The van der Waals surface area contributed by atoms with Gasteiger partial charge in [0, 0.05) is 42.0 Å². The standard InChI is InChI=1S/C19H20ClN5O/c1-2-6-25-11-14(9-23-25)19-18-17(21-12-22-18)5-7-24(19)10-13-3-4-15(26)8-16(13)20/h2-4,8-9,11-12,19,26H,1,5-7,10H2,(H,21,22)/t19-/m1/s1. The average Bonchev–Trinajstić information content (AvgIpc) is 3.26. The number of halogens is 1. The Balaban J connectivity index is 1.69. The van der Waals surface area contributed by atoms with Crippen LogP contribution in [0.5, 0.6) is 5.75 Å². The van der Waals surface area contributed by atoms with Gasteiger partial charge >= 0.3 is 0 Å². The number of H-pyrrole nitrogens is 1. The number of imidazole rings is 1. The second-order valence-electron chi connectivity index (χ2n) is 6.45. The van der Waals surface area contributed by atoms with Crippen molar-refractivity contribution in [3.8, 4) is 5.75 Å². The second-order valence-corrected chi connectivity index (χ2v) is 6.86. The first kappa shape index (κ1) is 16.9. The third kappa shape index (κ3) is 3.13. The first-order chi connectivity index (χ1) is 12.7. The van der Waals surface area contributed by atoms with Gasteiger partial charge in [-0.25, -0.2) is 4.98 Å². The van der Waals surface area contributed by atoms with E-state index in [-0.39, 0.29) is 11.8 Å². The summed E-state index contributed by atoms with van der Waals surface area (Å²) < 4.78 is 1.87. The summed E-state index contributed by atoms with van der Waals surface area (Å²) in [6, 6.07) is 5.13. The predicted molar refractivity (Wildman–Crippen MR) is 100 cm³/mol. The van der Waals surface area contributed by atoms with E-state index >= 15 is 0 Å². The largest absolute Gasteiger partial charge is 0.508 e. The molecule has 134 valence electrons. The van der Waals surface area contributed by atoms with E-state index in [1.807, 2.05) is 29.2 Å². The Morgan fingerprint density at radius 1 is 1.42 bits per heavy atom. The SMILES string of the molecule is C=CCn1cc([C@@H]2c3nc[nH]c3CCN2Cc2ccc(O)cc2Cl)cn1. The maximum atomic E-state index is 9.60. The van der Waals surface area contributed by atoms with Crippen molar-refractivity contribution >= 4 is 11.6 Å². The zero-order chi connectivity index (χ0) is 18.1. The molecule has 7 heteroatoms. The van der Waals surface area contributed by atoms with Crippen LogP contribution in [0.1, 0.15) is 28.6 Å². The van der Waals surface area contributed by atoms with E-state index in [1.165, 1.54) is 5.69 Å². The molecule has 0 spiro atoms. The van der Waals surface area contributed by atoms with Crippen LogP contribution >= 0.6 is 11.6 Å². The van der Waals surface area contributed by atoms with Crippen LogP contribution < -0.4 is 0 Å². The lowest BCUT2D eigenvalue weighted by Gasteiger charge is -2.34. The van der Waals surface area contributed by atoms with Gasteiger partial charge in [0.1, 0.15) is 5.75 Å². The maximum Gasteiger partial charge on any atom is 0.117 e. The van der Waals surface area contributed by atoms with Crippen LogP contribution in [-0.4, -0.2) is 36.3 Å². The van der Waals surface area contributed by atoms with Gasteiger partial charge in [-0.1, -0.05) is 23.7 Å². The number of aromatic nitrogens is 4. The first-order valence-corrected chi connectivity index (χ1v) is 8.90. The van der Waals surface area contributed by atoms with Gasteiger partial charge in [0.25, 0.3) is 0 Å². The molecule has 26 heavy (non-hydrogen) atoms. The molecule has 2 aromatic heterocycles. The van der Waals surface area contributed by atoms with E-state index < -0.39 is 0 Å². The summed E-state index contributed by atoms with van der Waals surface area (Å²) >= 11 is 6.33. The number of benzene rings is 1. The average molecular weight is 370 g/mol. The summed E-state index contributed by atoms with van der Waals surface area (Å²) in [4.78, 5) is 10.2. The lowest BCUT2D eigenvalue weighted by Crippen LogP contribution is -2.35. The van der Waals surface area contributed by atoms with E-state index in [0.29, 0.717) is 18.1 Å². The van der Waals surface area contributed by atoms with Gasteiger partial charge in [0.2, 0.25) is 0 Å². The quantitative estimate of drug-likeness (QED) is 0.677. The number of hydrogen-bond acceptors (Lipinski definition) is 4. The third-order valence-electron chi connectivity index (χ3n) is 4.72. The molecule has 4 rings (SSSR count). The summed E-state index contributed by atoms with van der Waals surface area (Å²) in [5.74, 6) is 0.175. The Kier molecular flexibility index (Phi) is 4.53. The summed E-state index contributed by atoms with van der Waals surface area (Å²) in [6.45, 7) is 5.99. The van der Waals surface area contributed by atoms with Gasteiger partial charge in [-0.3, -0.25) is 9.58 Å². The Bertz CT molecular complexity index is 932. The molecule has 1 aromatic carbocycles. The number of phenols is 1. The van der Waals surface area contributed by atoms with Crippen molar-refractivity contribution in [3.05, 3.63) is 77.1 Å². The Morgan fingerprint density at radius 3 is 3.12 bits per heavy atom. The minimum Gasteiger partial charge on any atom is -0.508 e. The minimum atomic E-state index is 0.00781. The van der Waals surface area contributed by atoms with E-state index in [1.54, 1.807) is 18.5 Å². The number of aromatic amines is 1. The van der Waals surface area contributed by atoms with Crippen LogP contribution in [0.15, 0.2) is 49.6 Å². The Morgan fingerprint density at radius 2 is 2.31 bits per heavy atom. The molecule has 2 N–H and O–H groups in total. The van der Waals surface area contributed by atoms with Crippen molar-refractivity contribution in [2.75, 3.05) is 6.54 Å². The lowest BCUT2D eigenvalue weighted by atomic mass is 9.97. The van der Waals surface area contributed by atoms with Crippen molar-refractivity contribution in [2.24, 2.45) is 0 Å². The minimum absolute atomic E-state index is 0.00781. The third-order valence-corrected chi connectivity index (χ3v) is 5.07. The summed E-state index contributed by atoms with van der Waals surface area (Å²) in [5.41, 5.74) is 4.27. The smallest absolute Gasteiger partial charge is 0.117 e. The molecule has 0 aliphatic carbocycles. The molecule has 0 fully saturated rings. The van der Waals surface area contributed by atoms with E-state index in [9.17, 15) is 5.11 Å². The van der Waals surface area contributed by atoms with Crippen molar-refractivity contribution in [1.29, 1.82) is 0 Å². The summed E-state index contributed by atoms with van der Waals surface area (Å²) in [5, 5.41) is 14.6. The number of phenolic OH excluding ortho intramolecular Hbond substituents is 1. The van der Waals surface area contributed by atoms with Crippen LogP contribution in [0.2, 0.25) is 5.02 Å². The van der Waals surface area contributed by atoms with Gasteiger partial charge in [-0.15, -0.1) is 6.58 Å². The number of nitrogens with zero attached hydrogens (tertiary/aromatic N) is 4. The fourth-order valence-corrected chi connectivity index (χ4v) is 3.73. The second kappa shape index (κ2) is 6.97. The first-order valence-electron chi connectivity index (χ1n) is 8.52. The molecular weight excluding hydrogens is 350 g/mol. The van der Waals surface area contributed by atoms with Gasteiger partial charge < -0.3 is 10.1 Å². The van der Waals surface area contributed by atoms with Crippen molar-refractivity contribution in [1.82, 2.24) is 24.6 Å². The molecule has 1 atom stereocenters. The predicted octanol–water partition coefficient (Wildman–Crippen LogP) is 3.30. The van der Waals surface area contributed by atoms with Crippen molar-refractivity contribution in [3.63, 3.8) is 0 Å². The monoisotopic (exact) mass is 369 g/mol. The summed E-state index contributed by atoms with van der Waals surface area (Å²) in [6.07, 6.45) is 8.42. The van der Waals surface area contributed by atoms with Crippen LogP contribution in [0.25, 0.3) is 0 Å². The fraction of sp³-hybridized carbons (Fsp3) is 0.263. The molecule has 1 aliphatic rings. The molecular formula is C19H20ClN5O. The zero-order valence-corrected chi connectivity index (χ0v) is 15.0. The molecule has 0 saturated carbocycles. The molecule has 3 heterocycles. The van der Waals surface area contributed by atoms with Gasteiger partial charge in [-0.2, -0.15) is 5.10 Å². The van der Waals surface area contributed by atoms with Crippen molar-refractivity contribution < 1.29 is 5.11 Å². The Labute approximate surface area is 156 Å². The topological polar surface area (TPSA) is 70.0 Å². The highest BCUT2D eigenvalue weighted by Gasteiger charge is 2.32. The van der Waals surface area contributed by atoms with Gasteiger partial charge in [-0.05, 0) is 17.7 Å². The van der Waals surface area contributed by atoms with Crippen molar-refractivity contribution in [2.45, 2.75) is 25.6 Å².